The molecule has 4 heteroatoms. The zero-order valence-electron chi connectivity index (χ0n) is 11.4. The maximum absolute atomic E-state index is 11.7. The molecule has 1 aliphatic carbocycles. The highest BCUT2D eigenvalue weighted by molar-refractivity contribution is 5.91. The molecule has 4 nitrogen and oxygen atoms in total. The van der Waals surface area contributed by atoms with Crippen LogP contribution in [0.25, 0.3) is 0 Å². The Morgan fingerprint density at radius 1 is 1.53 bits per heavy atom. The minimum absolute atomic E-state index is 0.0558. The maximum Gasteiger partial charge on any atom is 0.334 e. The van der Waals surface area contributed by atoms with E-state index in [1.54, 1.807) is 0 Å². The van der Waals surface area contributed by atoms with E-state index in [2.05, 4.69) is 19.6 Å². The number of epoxide rings is 1. The van der Waals surface area contributed by atoms with Gasteiger partial charge in [0.1, 0.15) is 12.2 Å². The summed E-state index contributed by atoms with van der Waals surface area (Å²) in [5, 5.41) is 10.2. The maximum atomic E-state index is 11.7. The molecule has 104 valence electrons. The fraction of sp³-hybridized carbons (Fsp3) is 0.667. The number of carbonyl (C=O) groups is 1. The van der Waals surface area contributed by atoms with Crippen molar-refractivity contribution in [2.24, 2.45) is 5.92 Å². The predicted molar refractivity (Wildman–Crippen MR) is 69.4 cm³/mol. The summed E-state index contributed by atoms with van der Waals surface area (Å²) in [6, 6.07) is 0. The lowest BCUT2D eigenvalue weighted by Crippen LogP contribution is -2.31. The summed E-state index contributed by atoms with van der Waals surface area (Å²) in [5.41, 5.74) is 1.22. The summed E-state index contributed by atoms with van der Waals surface area (Å²) in [4.78, 5) is 11.7. The first-order valence-corrected chi connectivity index (χ1v) is 6.85. The van der Waals surface area contributed by atoms with Gasteiger partial charge in [0.25, 0.3) is 0 Å². The molecule has 0 aromatic carbocycles. The van der Waals surface area contributed by atoms with Gasteiger partial charge in [0, 0.05) is 11.5 Å². The van der Waals surface area contributed by atoms with Crippen LogP contribution < -0.4 is 0 Å². The van der Waals surface area contributed by atoms with Gasteiger partial charge in [-0.15, -0.1) is 0 Å². The van der Waals surface area contributed by atoms with Gasteiger partial charge in [-0.1, -0.05) is 12.7 Å². The third kappa shape index (κ3) is 2.03. The first kappa shape index (κ1) is 12.9. The van der Waals surface area contributed by atoms with E-state index in [1.165, 1.54) is 0 Å². The highest BCUT2D eigenvalue weighted by Gasteiger charge is 2.61. The topological polar surface area (TPSA) is 59.1 Å². The summed E-state index contributed by atoms with van der Waals surface area (Å²) in [5.74, 6) is -0.489. The van der Waals surface area contributed by atoms with E-state index in [-0.39, 0.29) is 29.7 Å². The summed E-state index contributed by atoms with van der Waals surface area (Å²) in [6.07, 6.45) is 3.42. The first-order chi connectivity index (χ1) is 8.92. The Kier molecular flexibility index (Phi) is 2.84. The molecule has 2 heterocycles. The van der Waals surface area contributed by atoms with Crippen molar-refractivity contribution < 1.29 is 19.4 Å². The van der Waals surface area contributed by atoms with E-state index < -0.39 is 6.10 Å². The van der Waals surface area contributed by atoms with Crippen molar-refractivity contribution in [3.05, 3.63) is 23.8 Å². The molecule has 0 radical (unpaired) electrons. The Hall–Kier alpha value is -1.13. The van der Waals surface area contributed by atoms with Gasteiger partial charge in [0.15, 0.2) is 0 Å². The summed E-state index contributed by atoms with van der Waals surface area (Å²) >= 11 is 0. The van der Waals surface area contributed by atoms with Crippen molar-refractivity contribution in [3.8, 4) is 0 Å². The van der Waals surface area contributed by atoms with Crippen LogP contribution in [0.15, 0.2) is 23.8 Å². The van der Waals surface area contributed by atoms with Gasteiger partial charge in [0.2, 0.25) is 0 Å². The number of esters is 1. The Labute approximate surface area is 113 Å². The largest absolute Gasteiger partial charge is 0.455 e. The highest BCUT2D eigenvalue weighted by atomic mass is 16.6. The number of fused-ring (bicyclic) bond motifs is 3. The Morgan fingerprint density at radius 3 is 3.00 bits per heavy atom. The van der Waals surface area contributed by atoms with Crippen molar-refractivity contribution in [2.75, 3.05) is 0 Å². The second-order valence-electron chi connectivity index (χ2n) is 6.09. The number of allylic oxidation sites excluding steroid dienone is 1. The number of aliphatic hydroxyl groups excluding tert-OH is 1. The molecule has 0 spiro atoms. The van der Waals surface area contributed by atoms with Gasteiger partial charge in [-0.2, -0.15) is 0 Å². The molecule has 2 fully saturated rings. The Balaban J connectivity index is 1.91. The molecule has 5 atom stereocenters. The second-order valence-corrected chi connectivity index (χ2v) is 6.09. The number of carbonyl (C=O) groups excluding carboxylic acids is 1. The smallest absolute Gasteiger partial charge is 0.334 e. The molecule has 0 amide bonds. The van der Waals surface area contributed by atoms with Crippen LogP contribution in [0.3, 0.4) is 0 Å². The van der Waals surface area contributed by atoms with Gasteiger partial charge < -0.3 is 14.6 Å². The molecular formula is C15H20O4. The lowest BCUT2D eigenvalue weighted by Gasteiger charge is -2.22. The van der Waals surface area contributed by atoms with Crippen LogP contribution >= 0.6 is 0 Å². The Bertz CT molecular complexity index is 467. The van der Waals surface area contributed by atoms with Crippen molar-refractivity contribution in [2.45, 2.75) is 57.0 Å². The standard InChI is InChI=1S/C15H20O4/c1-8-5-4-6-15(3)13(19-15)12-10(7-11(8)16)9(2)14(17)18-12/h5,10-13,16H,2,4,6-7H2,1,3H3/b8-5+. The van der Waals surface area contributed by atoms with E-state index in [0.717, 1.165) is 18.4 Å². The Morgan fingerprint density at radius 2 is 2.26 bits per heavy atom. The molecule has 0 aromatic heterocycles. The second kappa shape index (κ2) is 4.18. The average Bonchev–Trinajstić information content (AvgIpc) is 2.95. The third-order valence-electron chi connectivity index (χ3n) is 4.70. The van der Waals surface area contributed by atoms with Gasteiger partial charge in [0.05, 0.1) is 11.7 Å². The zero-order chi connectivity index (χ0) is 13.8. The number of rotatable bonds is 0. The molecule has 2 saturated heterocycles. The van der Waals surface area contributed by atoms with Crippen molar-refractivity contribution in [1.82, 2.24) is 0 Å². The molecule has 0 aromatic rings. The molecule has 0 saturated carbocycles. The molecule has 1 N–H and O–H groups in total. The minimum atomic E-state index is -0.540. The molecular weight excluding hydrogens is 244 g/mol. The van der Waals surface area contributed by atoms with Gasteiger partial charge in [-0.05, 0) is 38.7 Å². The number of ether oxygens (including phenoxy) is 2. The van der Waals surface area contributed by atoms with E-state index in [1.807, 2.05) is 6.92 Å². The predicted octanol–water partition coefficient (Wildman–Crippen LogP) is 1.73. The van der Waals surface area contributed by atoms with Crippen LogP contribution in [0.4, 0.5) is 0 Å². The fourth-order valence-electron chi connectivity index (χ4n) is 3.20. The quantitative estimate of drug-likeness (QED) is 0.313. The van der Waals surface area contributed by atoms with Crippen molar-refractivity contribution >= 4 is 5.97 Å². The van der Waals surface area contributed by atoms with E-state index >= 15 is 0 Å². The number of hydrogen-bond acceptors (Lipinski definition) is 4. The average molecular weight is 264 g/mol. The van der Waals surface area contributed by atoms with Crippen LogP contribution in [-0.2, 0) is 14.3 Å². The van der Waals surface area contributed by atoms with Crippen LogP contribution in [0.2, 0.25) is 0 Å². The van der Waals surface area contributed by atoms with E-state index in [9.17, 15) is 9.90 Å². The van der Waals surface area contributed by atoms with Crippen molar-refractivity contribution in [1.29, 1.82) is 0 Å². The van der Waals surface area contributed by atoms with E-state index in [0.29, 0.717) is 12.0 Å². The summed E-state index contributed by atoms with van der Waals surface area (Å²) in [6.45, 7) is 7.81. The lowest BCUT2D eigenvalue weighted by atomic mass is 9.83. The molecule has 2 aliphatic heterocycles. The first-order valence-electron chi connectivity index (χ1n) is 6.85. The van der Waals surface area contributed by atoms with Gasteiger partial charge in [-0.3, -0.25) is 0 Å². The van der Waals surface area contributed by atoms with Crippen LogP contribution in [0, 0.1) is 5.92 Å². The lowest BCUT2D eigenvalue weighted by molar-refractivity contribution is -0.140. The normalized spacial score (nSPS) is 48.7. The number of hydrogen-bond donors (Lipinski definition) is 1. The monoisotopic (exact) mass is 264 g/mol. The zero-order valence-corrected chi connectivity index (χ0v) is 11.4. The minimum Gasteiger partial charge on any atom is -0.455 e. The van der Waals surface area contributed by atoms with Crippen LogP contribution in [0.1, 0.15) is 33.1 Å². The highest BCUT2D eigenvalue weighted by Crippen LogP contribution is 2.49. The number of aliphatic hydroxyl groups is 1. The van der Waals surface area contributed by atoms with E-state index in [4.69, 9.17) is 9.47 Å². The molecule has 19 heavy (non-hydrogen) atoms. The molecule has 5 unspecified atom stereocenters. The third-order valence-corrected chi connectivity index (χ3v) is 4.70. The molecule has 0 bridgehead atoms. The summed E-state index contributed by atoms with van der Waals surface area (Å²) in [7, 11) is 0. The molecule has 3 rings (SSSR count). The fourth-order valence-corrected chi connectivity index (χ4v) is 3.20. The van der Waals surface area contributed by atoms with Crippen LogP contribution in [0.5, 0.6) is 0 Å². The van der Waals surface area contributed by atoms with Crippen LogP contribution in [-0.4, -0.2) is 35.0 Å². The SMILES string of the molecule is C=C1C(=O)OC2C1CC(O)/C(C)=C/CCC1(C)OC21. The molecule has 3 aliphatic rings. The van der Waals surface area contributed by atoms with Gasteiger partial charge in [-0.25, -0.2) is 4.79 Å². The van der Waals surface area contributed by atoms with Crippen molar-refractivity contribution in [3.63, 3.8) is 0 Å². The van der Waals surface area contributed by atoms with Gasteiger partial charge >= 0.3 is 5.97 Å². The summed E-state index contributed by atoms with van der Waals surface area (Å²) < 4.78 is 11.2.